The predicted molar refractivity (Wildman–Crippen MR) is 75.0 cm³/mol. The highest BCUT2D eigenvalue weighted by Gasteiger charge is 2.21. The minimum absolute atomic E-state index is 0.189. The first-order valence-electron chi connectivity index (χ1n) is 6.28. The standard InChI is InChI=1S/C11H22N2O7S/c1-19-6-7-20-5-4-12-11(16)13-9(10(14)15)3-8-21(2,17)18/h9H,3-8H2,1-2H3,(H,14,15)(H2,12,13,16). The lowest BCUT2D eigenvalue weighted by Crippen LogP contribution is -2.47. The van der Waals surface area contributed by atoms with Crippen molar-refractivity contribution in [2.24, 2.45) is 0 Å². The summed E-state index contributed by atoms with van der Waals surface area (Å²) in [7, 11) is -1.75. The predicted octanol–water partition coefficient (Wildman–Crippen LogP) is -1.16. The molecule has 3 N–H and O–H groups in total. The minimum atomic E-state index is -3.29. The van der Waals surface area contributed by atoms with Gasteiger partial charge >= 0.3 is 12.0 Å². The molecule has 0 radical (unpaired) electrons. The summed E-state index contributed by atoms with van der Waals surface area (Å²) in [6.07, 6.45) is 0.815. The largest absolute Gasteiger partial charge is 0.480 e. The Bertz CT molecular complexity index is 424. The van der Waals surface area contributed by atoms with Gasteiger partial charge in [-0.05, 0) is 6.42 Å². The lowest BCUT2D eigenvalue weighted by atomic mass is 10.2. The third-order valence-electron chi connectivity index (χ3n) is 2.34. The van der Waals surface area contributed by atoms with Crippen molar-refractivity contribution in [3.05, 3.63) is 0 Å². The lowest BCUT2D eigenvalue weighted by molar-refractivity contribution is -0.139. The van der Waals surface area contributed by atoms with Crippen LogP contribution in [0.25, 0.3) is 0 Å². The van der Waals surface area contributed by atoms with E-state index in [1.54, 1.807) is 0 Å². The van der Waals surface area contributed by atoms with Crippen LogP contribution in [0.3, 0.4) is 0 Å². The van der Waals surface area contributed by atoms with E-state index in [0.717, 1.165) is 6.26 Å². The van der Waals surface area contributed by atoms with E-state index in [2.05, 4.69) is 10.6 Å². The van der Waals surface area contributed by atoms with Gasteiger partial charge in [0.2, 0.25) is 0 Å². The number of amides is 2. The van der Waals surface area contributed by atoms with Gasteiger partial charge in [-0.2, -0.15) is 0 Å². The fourth-order valence-electron chi connectivity index (χ4n) is 1.28. The van der Waals surface area contributed by atoms with E-state index < -0.39 is 27.9 Å². The van der Waals surface area contributed by atoms with Crippen molar-refractivity contribution in [2.75, 3.05) is 45.5 Å². The highest BCUT2D eigenvalue weighted by atomic mass is 32.2. The second kappa shape index (κ2) is 10.4. The molecule has 0 aliphatic carbocycles. The second-order valence-corrected chi connectivity index (χ2v) is 6.57. The molecule has 2 amide bonds. The number of hydrogen-bond acceptors (Lipinski definition) is 6. The third-order valence-corrected chi connectivity index (χ3v) is 3.32. The first-order chi connectivity index (χ1) is 9.76. The Hall–Kier alpha value is -1.39. The van der Waals surface area contributed by atoms with Crippen LogP contribution in [0.1, 0.15) is 6.42 Å². The summed E-state index contributed by atoms with van der Waals surface area (Å²) >= 11 is 0. The maximum Gasteiger partial charge on any atom is 0.326 e. The Labute approximate surface area is 123 Å². The Morgan fingerprint density at radius 2 is 1.90 bits per heavy atom. The molecule has 0 saturated carbocycles. The second-order valence-electron chi connectivity index (χ2n) is 4.31. The number of nitrogens with one attached hydrogen (secondary N) is 2. The molecule has 1 unspecified atom stereocenters. The van der Waals surface area contributed by atoms with Crippen LogP contribution in [0.2, 0.25) is 0 Å². The van der Waals surface area contributed by atoms with Crippen LogP contribution in [0.15, 0.2) is 0 Å². The first kappa shape index (κ1) is 19.6. The maximum atomic E-state index is 11.5. The molecule has 0 fully saturated rings. The zero-order chi connectivity index (χ0) is 16.3. The molecule has 0 heterocycles. The fourth-order valence-corrected chi connectivity index (χ4v) is 1.94. The number of hydrogen-bond donors (Lipinski definition) is 3. The van der Waals surface area contributed by atoms with Crippen LogP contribution < -0.4 is 10.6 Å². The molecule has 0 aliphatic rings. The molecular weight excluding hydrogens is 304 g/mol. The summed E-state index contributed by atoms with van der Waals surface area (Å²) in [5, 5.41) is 13.5. The van der Waals surface area contributed by atoms with E-state index in [1.165, 1.54) is 7.11 Å². The smallest absolute Gasteiger partial charge is 0.326 e. The summed E-state index contributed by atoms with van der Waals surface area (Å²) < 4.78 is 31.9. The van der Waals surface area contributed by atoms with E-state index in [4.69, 9.17) is 14.6 Å². The van der Waals surface area contributed by atoms with Crippen LogP contribution in [0.4, 0.5) is 4.79 Å². The zero-order valence-corrected chi connectivity index (χ0v) is 12.9. The van der Waals surface area contributed by atoms with Gasteiger partial charge in [0.25, 0.3) is 0 Å². The molecule has 1 atom stereocenters. The Kier molecular flexibility index (Phi) is 9.67. The van der Waals surface area contributed by atoms with Gasteiger partial charge in [0.1, 0.15) is 15.9 Å². The van der Waals surface area contributed by atoms with Crippen LogP contribution >= 0.6 is 0 Å². The van der Waals surface area contributed by atoms with Crippen molar-refractivity contribution < 1.29 is 32.6 Å². The Morgan fingerprint density at radius 3 is 2.43 bits per heavy atom. The van der Waals surface area contributed by atoms with Crippen LogP contribution in [-0.4, -0.2) is 77.1 Å². The molecule has 0 aromatic carbocycles. The highest BCUT2D eigenvalue weighted by molar-refractivity contribution is 7.90. The van der Waals surface area contributed by atoms with Crippen LogP contribution in [0, 0.1) is 0 Å². The molecule has 0 bridgehead atoms. The van der Waals surface area contributed by atoms with E-state index in [1.807, 2.05) is 0 Å². The molecule has 21 heavy (non-hydrogen) atoms. The summed E-state index contributed by atoms with van der Waals surface area (Å²) in [5.74, 6) is -1.60. The van der Waals surface area contributed by atoms with Crippen molar-refractivity contribution in [2.45, 2.75) is 12.5 Å². The normalized spacial score (nSPS) is 12.7. The quantitative estimate of drug-likeness (QED) is 0.408. The molecule has 9 nitrogen and oxygen atoms in total. The number of carbonyl (C=O) groups excluding carboxylic acids is 1. The van der Waals surface area contributed by atoms with E-state index in [0.29, 0.717) is 13.2 Å². The molecule has 0 spiro atoms. The number of carboxylic acid groups (broad SMARTS) is 1. The number of urea groups is 1. The maximum absolute atomic E-state index is 11.5. The average Bonchev–Trinajstić information content (AvgIpc) is 2.37. The number of sulfone groups is 1. The molecule has 0 aromatic heterocycles. The van der Waals surface area contributed by atoms with Gasteiger partial charge < -0.3 is 25.2 Å². The van der Waals surface area contributed by atoms with E-state index in [-0.39, 0.29) is 25.3 Å². The summed E-state index contributed by atoms with van der Waals surface area (Å²) in [6, 6.07) is -1.94. The van der Waals surface area contributed by atoms with Gasteiger partial charge in [0.05, 0.1) is 25.6 Å². The molecule has 0 rings (SSSR count). The topological polar surface area (TPSA) is 131 Å². The number of methoxy groups -OCH3 is 1. The molecular formula is C11H22N2O7S. The highest BCUT2D eigenvalue weighted by Crippen LogP contribution is 1.97. The lowest BCUT2D eigenvalue weighted by Gasteiger charge is -2.14. The van der Waals surface area contributed by atoms with Crippen molar-refractivity contribution in [3.8, 4) is 0 Å². The van der Waals surface area contributed by atoms with Crippen LogP contribution in [-0.2, 0) is 24.1 Å². The number of carbonyl (C=O) groups is 2. The minimum Gasteiger partial charge on any atom is -0.480 e. The van der Waals surface area contributed by atoms with E-state index in [9.17, 15) is 18.0 Å². The van der Waals surface area contributed by atoms with Gasteiger partial charge in [0.15, 0.2) is 0 Å². The number of aliphatic carboxylic acids is 1. The van der Waals surface area contributed by atoms with Crippen LogP contribution in [0.5, 0.6) is 0 Å². The summed E-state index contributed by atoms with van der Waals surface area (Å²) in [6.45, 7) is 1.30. The monoisotopic (exact) mass is 326 g/mol. The third kappa shape index (κ3) is 12.1. The number of rotatable bonds is 11. The number of carboxylic acids is 1. The first-order valence-corrected chi connectivity index (χ1v) is 8.34. The molecule has 10 heteroatoms. The number of ether oxygens (including phenoxy) is 2. The Balaban J connectivity index is 3.98. The van der Waals surface area contributed by atoms with Crippen molar-refractivity contribution in [1.29, 1.82) is 0 Å². The molecule has 0 aromatic rings. The van der Waals surface area contributed by atoms with Crippen molar-refractivity contribution in [3.63, 3.8) is 0 Å². The van der Waals surface area contributed by atoms with Crippen molar-refractivity contribution >= 4 is 21.8 Å². The SMILES string of the molecule is COCCOCCNC(=O)NC(CCS(C)(=O)=O)C(=O)O. The van der Waals surface area contributed by atoms with Crippen molar-refractivity contribution in [1.82, 2.24) is 10.6 Å². The average molecular weight is 326 g/mol. The summed E-state index contributed by atoms with van der Waals surface area (Å²) in [5.41, 5.74) is 0. The van der Waals surface area contributed by atoms with Gasteiger partial charge in [-0.25, -0.2) is 18.0 Å². The Morgan fingerprint density at radius 1 is 1.24 bits per heavy atom. The van der Waals surface area contributed by atoms with Gasteiger partial charge in [-0.1, -0.05) is 0 Å². The summed E-state index contributed by atoms with van der Waals surface area (Å²) in [4.78, 5) is 22.4. The molecule has 124 valence electrons. The van der Waals surface area contributed by atoms with Gasteiger partial charge in [-0.3, -0.25) is 0 Å². The van der Waals surface area contributed by atoms with Gasteiger partial charge in [0, 0.05) is 19.9 Å². The molecule has 0 saturated heterocycles. The molecule has 0 aliphatic heterocycles. The van der Waals surface area contributed by atoms with E-state index >= 15 is 0 Å². The zero-order valence-electron chi connectivity index (χ0n) is 12.1. The van der Waals surface area contributed by atoms with Gasteiger partial charge in [-0.15, -0.1) is 0 Å². The fraction of sp³-hybridized carbons (Fsp3) is 0.818.